The van der Waals surface area contributed by atoms with Crippen LogP contribution < -0.4 is 0 Å². The van der Waals surface area contributed by atoms with Gasteiger partial charge < -0.3 is 0 Å². The van der Waals surface area contributed by atoms with Crippen LogP contribution in [0.1, 0.15) is 11.3 Å². The Labute approximate surface area is 92.4 Å². The Morgan fingerprint density at radius 2 is 2.25 bits per heavy atom. The topological polar surface area (TPSA) is 60.1 Å². The van der Waals surface area contributed by atoms with E-state index in [1.807, 2.05) is 31.2 Å². The minimum Gasteiger partial charge on any atom is -0.211 e. The first-order valence-corrected chi connectivity index (χ1v) is 4.82. The largest absolute Gasteiger partial charge is 0.235 e. The molecule has 80 valence electrons. The lowest BCUT2D eigenvalue weighted by molar-refractivity contribution is 0.562. The van der Waals surface area contributed by atoms with E-state index in [4.69, 9.17) is 0 Å². The maximum atomic E-state index is 10.1. The smallest absolute Gasteiger partial charge is 0.211 e. The molecule has 0 amide bonds. The van der Waals surface area contributed by atoms with Gasteiger partial charge in [0.1, 0.15) is 0 Å². The van der Waals surface area contributed by atoms with E-state index in [1.54, 1.807) is 6.20 Å². The molecule has 0 radical (unpaired) electrons. The normalized spacial score (nSPS) is 9.81. The van der Waals surface area contributed by atoms with Crippen molar-refractivity contribution >= 4 is 6.08 Å². The van der Waals surface area contributed by atoms with Crippen molar-refractivity contribution in [1.29, 1.82) is 0 Å². The number of hydrogen-bond acceptors (Lipinski definition) is 4. The summed E-state index contributed by atoms with van der Waals surface area (Å²) in [5.41, 5.74) is 2.56. The summed E-state index contributed by atoms with van der Waals surface area (Å²) in [6.45, 7) is 2.16. The number of hydrogen-bond donors (Lipinski definition) is 0. The lowest BCUT2D eigenvalue weighted by Gasteiger charge is -2.04. The van der Waals surface area contributed by atoms with Crippen LogP contribution in [-0.2, 0) is 11.3 Å². The van der Waals surface area contributed by atoms with Crippen LogP contribution >= 0.6 is 0 Å². The molecule has 2 aromatic rings. The zero-order valence-electron chi connectivity index (χ0n) is 8.79. The number of aliphatic imine (C=N–C) groups is 1. The Morgan fingerprint density at radius 1 is 1.44 bits per heavy atom. The second-order valence-corrected chi connectivity index (χ2v) is 3.31. The monoisotopic (exact) mass is 214 g/mol. The van der Waals surface area contributed by atoms with Crippen LogP contribution in [-0.4, -0.2) is 21.1 Å². The third kappa shape index (κ3) is 2.04. The molecule has 0 N–H and O–H groups in total. The SMILES string of the molecule is Cc1cnn(-c2ccccc2CN=C=O)n1. The van der Waals surface area contributed by atoms with Crippen molar-refractivity contribution in [2.45, 2.75) is 13.5 Å². The Kier molecular flexibility index (Phi) is 2.89. The average Bonchev–Trinajstić information content (AvgIpc) is 2.73. The highest BCUT2D eigenvalue weighted by molar-refractivity contribution is 5.41. The van der Waals surface area contributed by atoms with E-state index in [1.165, 1.54) is 10.9 Å². The van der Waals surface area contributed by atoms with Crippen molar-refractivity contribution in [2.75, 3.05) is 0 Å². The van der Waals surface area contributed by atoms with E-state index in [-0.39, 0.29) is 0 Å². The van der Waals surface area contributed by atoms with Gasteiger partial charge in [-0.25, -0.2) is 9.79 Å². The Balaban J connectivity index is 2.43. The molecule has 0 aliphatic heterocycles. The van der Waals surface area contributed by atoms with Crippen molar-refractivity contribution in [3.63, 3.8) is 0 Å². The van der Waals surface area contributed by atoms with E-state index in [2.05, 4.69) is 15.2 Å². The number of carbonyl (C=O) groups excluding carboxylic acids is 1. The van der Waals surface area contributed by atoms with Gasteiger partial charge in [-0.05, 0) is 13.0 Å². The summed E-state index contributed by atoms with van der Waals surface area (Å²) in [5, 5.41) is 8.34. The lowest BCUT2D eigenvalue weighted by atomic mass is 10.2. The fourth-order valence-electron chi connectivity index (χ4n) is 1.41. The standard InChI is InChI=1S/C11H10N4O/c1-9-6-13-15(14-9)11-5-3-2-4-10(11)7-12-8-16/h2-6H,7H2,1H3. The highest BCUT2D eigenvalue weighted by Gasteiger charge is 2.05. The molecule has 0 atom stereocenters. The number of aryl methyl sites for hydroxylation is 1. The fraction of sp³-hybridized carbons (Fsp3) is 0.182. The summed E-state index contributed by atoms with van der Waals surface area (Å²) in [6, 6.07) is 7.54. The molecule has 0 aliphatic carbocycles. The van der Waals surface area contributed by atoms with Crippen LogP contribution in [0.15, 0.2) is 35.5 Å². The maximum Gasteiger partial charge on any atom is 0.235 e. The van der Waals surface area contributed by atoms with Crippen LogP contribution in [0.2, 0.25) is 0 Å². The fourth-order valence-corrected chi connectivity index (χ4v) is 1.41. The highest BCUT2D eigenvalue weighted by atomic mass is 16.1. The summed E-state index contributed by atoms with van der Waals surface area (Å²) in [5.74, 6) is 0. The van der Waals surface area contributed by atoms with Crippen LogP contribution in [0.5, 0.6) is 0 Å². The number of nitrogens with zero attached hydrogens (tertiary/aromatic N) is 4. The Hall–Kier alpha value is -2.26. The highest BCUT2D eigenvalue weighted by Crippen LogP contribution is 2.13. The second kappa shape index (κ2) is 4.51. The van der Waals surface area contributed by atoms with Gasteiger partial charge in [0.15, 0.2) is 0 Å². The van der Waals surface area contributed by atoms with Gasteiger partial charge in [0.2, 0.25) is 6.08 Å². The Bertz CT molecular complexity index is 540. The zero-order valence-corrected chi connectivity index (χ0v) is 8.79. The number of aromatic nitrogens is 3. The van der Waals surface area contributed by atoms with Crippen LogP contribution in [0.25, 0.3) is 5.69 Å². The van der Waals surface area contributed by atoms with E-state index >= 15 is 0 Å². The van der Waals surface area contributed by atoms with E-state index < -0.39 is 0 Å². The van der Waals surface area contributed by atoms with Crippen LogP contribution in [0.3, 0.4) is 0 Å². The van der Waals surface area contributed by atoms with Gasteiger partial charge in [-0.15, -0.1) is 0 Å². The second-order valence-electron chi connectivity index (χ2n) is 3.31. The molecular formula is C11H10N4O. The van der Waals surface area contributed by atoms with Crippen molar-refractivity contribution in [3.8, 4) is 5.69 Å². The maximum absolute atomic E-state index is 10.1. The van der Waals surface area contributed by atoms with E-state index in [0.717, 1.165) is 16.9 Å². The summed E-state index contributed by atoms with van der Waals surface area (Å²) >= 11 is 0. The first-order valence-electron chi connectivity index (χ1n) is 4.82. The van der Waals surface area contributed by atoms with Gasteiger partial charge in [-0.3, -0.25) is 0 Å². The van der Waals surface area contributed by atoms with Crippen molar-refractivity contribution < 1.29 is 4.79 Å². The zero-order chi connectivity index (χ0) is 11.4. The molecule has 16 heavy (non-hydrogen) atoms. The van der Waals surface area contributed by atoms with Crippen LogP contribution in [0.4, 0.5) is 0 Å². The summed E-state index contributed by atoms with van der Waals surface area (Å²) in [4.78, 5) is 15.2. The molecule has 0 saturated carbocycles. The van der Waals surface area contributed by atoms with E-state index in [9.17, 15) is 4.79 Å². The summed E-state index contributed by atoms with van der Waals surface area (Å²) in [6.07, 6.45) is 3.21. The predicted octanol–water partition coefficient (Wildman–Crippen LogP) is 1.41. The molecule has 0 spiro atoms. The lowest BCUT2D eigenvalue weighted by Crippen LogP contribution is -2.02. The molecule has 0 aliphatic rings. The predicted molar refractivity (Wildman–Crippen MR) is 57.9 cm³/mol. The minimum atomic E-state index is 0.292. The molecule has 2 rings (SSSR count). The molecule has 0 bridgehead atoms. The summed E-state index contributed by atoms with van der Waals surface area (Å²) in [7, 11) is 0. The molecule has 0 saturated heterocycles. The molecule has 0 unspecified atom stereocenters. The van der Waals surface area contributed by atoms with Crippen molar-refractivity contribution in [2.24, 2.45) is 4.99 Å². The van der Waals surface area contributed by atoms with Gasteiger partial charge in [0.25, 0.3) is 0 Å². The van der Waals surface area contributed by atoms with Crippen molar-refractivity contribution in [3.05, 3.63) is 41.7 Å². The number of rotatable bonds is 3. The van der Waals surface area contributed by atoms with Gasteiger partial charge >= 0.3 is 0 Å². The number of isocyanates is 1. The third-order valence-corrected chi connectivity index (χ3v) is 2.13. The molecule has 1 heterocycles. The first-order chi connectivity index (χ1) is 7.81. The first kappa shape index (κ1) is 10.3. The summed E-state index contributed by atoms with van der Waals surface area (Å²) < 4.78 is 0. The molecule has 1 aromatic heterocycles. The molecular weight excluding hydrogens is 204 g/mol. The van der Waals surface area contributed by atoms with E-state index in [0.29, 0.717) is 6.54 Å². The van der Waals surface area contributed by atoms with Gasteiger partial charge in [0.05, 0.1) is 24.1 Å². The molecule has 5 nitrogen and oxygen atoms in total. The number of benzene rings is 1. The average molecular weight is 214 g/mol. The van der Waals surface area contributed by atoms with Crippen molar-refractivity contribution in [1.82, 2.24) is 15.0 Å². The Morgan fingerprint density at radius 3 is 2.94 bits per heavy atom. The molecule has 5 heteroatoms. The van der Waals surface area contributed by atoms with Gasteiger partial charge in [0, 0.05) is 5.56 Å². The van der Waals surface area contributed by atoms with Gasteiger partial charge in [-0.1, -0.05) is 18.2 Å². The molecule has 0 fully saturated rings. The van der Waals surface area contributed by atoms with Gasteiger partial charge in [-0.2, -0.15) is 15.0 Å². The quantitative estimate of drug-likeness (QED) is 0.573. The third-order valence-electron chi connectivity index (χ3n) is 2.13. The number of para-hydroxylation sites is 1. The van der Waals surface area contributed by atoms with Crippen LogP contribution in [0, 0.1) is 6.92 Å². The molecule has 1 aromatic carbocycles. The minimum absolute atomic E-state index is 0.292.